The highest BCUT2D eigenvalue weighted by Crippen LogP contribution is 2.29. The summed E-state index contributed by atoms with van der Waals surface area (Å²) < 4.78 is 5.37. The molecular formula is C15H19NO3. The number of hydrogen-bond acceptors (Lipinski definition) is 3. The molecule has 0 radical (unpaired) electrons. The highest BCUT2D eigenvalue weighted by Gasteiger charge is 2.39. The number of nitrogens with zero attached hydrogens (tertiary/aromatic N) is 1. The Labute approximate surface area is 113 Å². The van der Waals surface area contributed by atoms with Gasteiger partial charge in [0.05, 0.1) is 6.42 Å². The average Bonchev–Trinajstić information content (AvgIpc) is 2.38. The van der Waals surface area contributed by atoms with E-state index in [2.05, 4.69) is 0 Å². The first kappa shape index (κ1) is 13.6. The lowest BCUT2D eigenvalue weighted by Gasteiger charge is -2.42. The minimum atomic E-state index is -0.513. The molecule has 1 aromatic rings. The molecule has 0 bridgehead atoms. The van der Waals surface area contributed by atoms with Crippen LogP contribution in [-0.2, 0) is 9.53 Å². The van der Waals surface area contributed by atoms with Gasteiger partial charge in [0, 0.05) is 17.5 Å². The number of benzene rings is 1. The first-order valence-electron chi connectivity index (χ1n) is 6.45. The maximum atomic E-state index is 12.5. The van der Waals surface area contributed by atoms with Crippen molar-refractivity contribution in [2.75, 3.05) is 6.54 Å². The molecule has 0 aliphatic carbocycles. The van der Waals surface area contributed by atoms with Gasteiger partial charge < -0.3 is 9.64 Å². The normalized spacial score (nSPS) is 20.1. The summed E-state index contributed by atoms with van der Waals surface area (Å²) in [6.45, 7) is 6.29. The van der Waals surface area contributed by atoms with E-state index in [0.29, 0.717) is 12.1 Å². The molecule has 1 heterocycles. The molecule has 1 unspecified atom stereocenters. The summed E-state index contributed by atoms with van der Waals surface area (Å²) in [7, 11) is 0. The van der Waals surface area contributed by atoms with Gasteiger partial charge in [0.2, 0.25) is 0 Å². The van der Waals surface area contributed by atoms with Crippen molar-refractivity contribution in [3.63, 3.8) is 0 Å². The molecule has 0 saturated carbocycles. The molecule has 1 amide bonds. The average molecular weight is 261 g/mol. The highest BCUT2D eigenvalue weighted by molar-refractivity contribution is 5.95. The Morgan fingerprint density at radius 2 is 1.89 bits per heavy atom. The van der Waals surface area contributed by atoms with Crippen LogP contribution in [0.5, 0.6) is 0 Å². The topological polar surface area (TPSA) is 46.6 Å². The Balaban J connectivity index is 2.26. The largest absolute Gasteiger partial charge is 0.441 e. The smallest absolute Gasteiger partial charge is 0.309 e. The van der Waals surface area contributed by atoms with Gasteiger partial charge in [-0.25, -0.2) is 0 Å². The number of rotatable bonds is 1. The van der Waals surface area contributed by atoms with Crippen LogP contribution in [0.2, 0.25) is 0 Å². The number of cyclic esters (lactones) is 1. The highest BCUT2D eigenvalue weighted by atomic mass is 16.6. The molecule has 102 valence electrons. The molecule has 0 spiro atoms. The number of carbonyl (C=O) groups excluding carboxylic acids is 2. The van der Waals surface area contributed by atoms with Crippen LogP contribution in [0.15, 0.2) is 30.3 Å². The van der Waals surface area contributed by atoms with Crippen LogP contribution in [-0.4, -0.2) is 29.5 Å². The number of hydrogen-bond donors (Lipinski definition) is 0. The van der Waals surface area contributed by atoms with E-state index in [1.165, 1.54) is 0 Å². The van der Waals surface area contributed by atoms with Crippen molar-refractivity contribution in [3.05, 3.63) is 35.9 Å². The molecule has 1 aliphatic rings. The maximum absolute atomic E-state index is 12.5. The van der Waals surface area contributed by atoms with Gasteiger partial charge in [-0.2, -0.15) is 0 Å². The van der Waals surface area contributed by atoms with Gasteiger partial charge in [-0.15, -0.1) is 0 Å². The van der Waals surface area contributed by atoms with Gasteiger partial charge >= 0.3 is 5.97 Å². The zero-order valence-electron chi connectivity index (χ0n) is 11.6. The lowest BCUT2D eigenvalue weighted by atomic mass is 9.91. The molecule has 1 aromatic carbocycles. The standard InChI is InChI=1S/C15H19NO3/c1-15(2,3)14-16(10-9-12(17)19-14)13(18)11-7-5-4-6-8-11/h4-8,14H,9-10H2,1-3H3. The first-order chi connectivity index (χ1) is 8.89. The lowest BCUT2D eigenvalue weighted by molar-refractivity contribution is -0.177. The van der Waals surface area contributed by atoms with Crippen LogP contribution in [0.3, 0.4) is 0 Å². The van der Waals surface area contributed by atoms with E-state index in [4.69, 9.17) is 4.74 Å². The summed E-state index contributed by atoms with van der Waals surface area (Å²) in [4.78, 5) is 25.6. The quantitative estimate of drug-likeness (QED) is 0.729. The zero-order chi connectivity index (χ0) is 14.0. The molecule has 1 aliphatic heterocycles. The molecule has 1 fully saturated rings. The number of esters is 1. The van der Waals surface area contributed by atoms with Gasteiger partial charge in [0.25, 0.3) is 5.91 Å². The van der Waals surface area contributed by atoms with Crippen molar-refractivity contribution in [1.82, 2.24) is 4.90 Å². The molecule has 19 heavy (non-hydrogen) atoms. The third-order valence-corrected chi connectivity index (χ3v) is 3.11. The van der Waals surface area contributed by atoms with Crippen LogP contribution in [0.1, 0.15) is 37.6 Å². The fourth-order valence-corrected chi connectivity index (χ4v) is 2.17. The maximum Gasteiger partial charge on any atom is 0.309 e. The monoisotopic (exact) mass is 261 g/mol. The Hall–Kier alpha value is -1.84. The van der Waals surface area contributed by atoms with Gasteiger partial charge in [-0.1, -0.05) is 39.0 Å². The van der Waals surface area contributed by atoms with Crippen LogP contribution in [0.4, 0.5) is 0 Å². The summed E-state index contributed by atoms with van der Waals surface area (Å²) in [5, 5.41) is 0. The third-order valence-electron chi connectivity index (χ3n) is 3.11. The zero-order valence-corrected chi connectivity index (χ0v) is 11.6. The lowest BCUT2D eigenvalue weighted by Crippen LogP contribution is -2.53. The summed E-state index contributed by atoms with van der Waals surface area (Å²) >= 11 is 0. The minimum absolute atomic E-state index is 0.0898. The second-order valence-electron chi connectivity index (χ2n) is 5.82. The van der Waals surface area contributed by atoms with E-state index in [0.717, 1.165) is 0 Å². The van der Waals surface area contributed by atoms with Gasteiger partial charge in [0.1, 0.15) is 0 Å². The van der Waals surface area contributed by atoms with E-state index in [1.807, 2.05) is 39.0 Å². The molecular weight excluding hydrogens is 242 g/mol. The van der Waals surface area contributed by atoms with Crippen molar-refractivity contribution in [2.24, 2.45) is 5.41 Å². The van der Waals surface area contributed by atoms with Crippen molar-refractivity contribution in [2.45, 2.75) is 33.4 Å². The summed E-state index contributed by atoms with van der Waals surface area (Å²) in [5.74, 6) is -0.329. The van der Waals surface area contributed by atoms with Crippen LogP contribution >= 0.6 is 0 Å². The predicted molar refractivity (Wildman–Crippen MR) is 71.4 cm³/mol. The first-order valence-corrected chi connectivity index (χ1v) is 6.45. The van der Waals surface area contributed by atoms with Crippen LogP contribution < -0.4 is 0 Å². The van der Waals surface area contributed by atoms with E-state index in [-0.39, 0.29) is 23.7 Å². The summed E-state index contributed by atoms with van der Waals surface area (Å²) in [5.41, 5.74) is 0.315. The van der Waals surface area contributed by atoms with E-state index in [1.54, 1.807) is 17.0 Å². The number of ether oxygens (including phenoxy) is 1. The second-order valence-corrected chi connectivity index (χ2v) is 5.82. The molecule has 1 saturated heterocycles. The summed E-state index contributed by atoms with van der Waals surface area (Å²) in [6.07, 6.45) is -0.257. The van der Waals surface area contributed by atoms with Gasteiger partial charge in [0.15, 0.2) is 6.23 Å². The van der Waals surface area contributed by atoms with Crippen LogP contribution in [0.25, 0.3) is 0 Å². The third kappa shape index (κ3) is 2.95. The van der Waals surface area contributed by atoms with Crippen molar-refractivity contribution in [3.8, 4) is 0 Å². The Morgan fingerprint density at radius 3 is 2.47 bits per heavy atom. The van der Waals surface area contributed by atoms with Crippen molar-refractivity contribution >= 4 is 11.9 Å². The molecule has 0 N–H and O–H groups in total. The van der Waals surface area contributed by atoms with E-state index in [9.17, 15) is 9.59 Å². The minimum Gasteiger partial charge on any atom is -0.441 e. The summed E-state index contributed by atoms with van der Waals surface area (Å²) in [6, 6.07) is 9.08. The Kier molecular flexibility index (Phi) is 3.60. The molecule has 4 nitrogen and oxygen atoms in total. The predicted octanol–water partition coefficient (Wildman–Crippen LogP) is 2.45. The fraction of sp³-hybridized carbons (Fsp3) is 0.467. The van der Waals surface area contributed by atoms with E-state index >= 15 is 0 Å². The van der Waals surface area contributed by atoms with Crippen molar-refractivity contribution < 1.29 is 14.3 Å². The van der Waals surface area contributed by atoms with Crippen molar-refractivity contribution in [1.29, 1.82) is 0 Å². The van der Waals surface area contributed by atoms with E-state index < -0.39 is 6.23 Å². The fourth-order valence-electron chi connectivity index (χ4n) is 2.17. The number of carbonyl (C=O) groups is 2. The van der Waals surface area contributed by atoms with Gasteiger partial charge in [-0.05, 0) is 12.1 Å². The SMILES string of the molecule is CC(C)(C)C1OC(=O)CCN1C(=O)c1ccccc1. The van der Waals surface area contributed by atoms with Gasteiger partial charge in [-0.3, -0.25) is 9.59 Å². The second kappa shape index (κ2) is 5.03. The van der Waals surface area contributed by atoms with Crippen LogP contribution in [0, 0.1) is 5.41 Å². The molecule has 2 rings (SSSR count). The Morgan fingerprint density at radius 1 is 1.26 bits per heavy atom. The molecule has 0 aromatic heterocycles. The number of amides is 1. The Bertz CT molecular complexity index is 476. The molecule has 4 heteroatoms. The molecule has 1 atom stereocenters.